The number of imidazole rings is 1. The average Bonchev–Trinajstić information content (AvgIpc) is 2.74. The fourth-order valence-electron chi connectivity index (χ4n) is 1.17. The SMILES string of the molecule is Clc1cncnc1NCCn1ccnc1. The maximum absolute atomic E-state index is 5.88. The van der Waals surface area contributed by atoms with E-state index in [1.54, 1.807) is 18.7 Å². The van der Waals surface area contributed by atoms with Gasteiger partial charge in [0, 0.05) is 25.5 Å². The van der Waals surface area contributed by atoms with Gasteiger partial charge in [-0.05, 0) is 0 Å². The van der Waals surface area contributed by atoms with Crippen molar-refractivity contribution < 1.29 is 0 Å². The molecule has 0 amide bonds. The molecule has 0 atom stereocenters. The quantitative estimate of drug-likeness (QED) is 0.852. The van der Waals surface area contributed by atoms with Crippen LogP contribution in [0.5, 0.6) is 0 Å². The Hall–Kier alpha value is -1.62. The van der Waals surface area contributed by atoms with Gasteiger partial charge >= 0.3 is 0 Å². The van der Waals surface area contributed by atoms with Crippen LogP contribution in [0.4, 0.5) is 5.82 Å². The summed E-state index contributed by atoms with van der Waals surface area (Å²) in [6.07, 6.45) is 8.45. The van der Waals surface area contributed by atoms with E-state index < -0.39 is 0 Å². The van der Waals surface area contributed by atoms with Crippen molar-refractivity contribution in [1.82, 2.24) is 19.5 Å². The summed E-state index contributed by atoms with van der Waals surface area (Å²) < 4.78 is 1.97. The minimum Gasteiger partial charge on any atom is -0.367 e. The minimum absolute atomic E-state index is 0.531. The molecule has 0 saturated carbocycles. The highest BCUT2D eigenvalue weighted by Crippen LogP contribution is 2.15. The average molecular weight is 224 g/mol. The van der Waals surface area contributed by atoms with Crippen LogP contribution in [0, 0.1) is 0 Å². The van der Waals surface area contributed by atoms with Crippen molar-refractivity contribution in [2.45, 2.75) is 6.54 Å². The Bertz CT molecular complexity index is 414. The normalized spacial score (nSPS) is 10.2. The van der Waals surface area contributed by atoms with E-state index in [9.17, 15) is 0 Å². The van der Waals surface area contributed by atoms with Gasteiger partial charge in [0.2, 0.25) is 0 Å². The highest BCUT2D eigenvalue weighted by atomic mass is 35.5. The van der Waals surface area contributed by atoms with Crippen LogP contribution < -0.4 is 5.32 Å². The van der Waals surface area contributed by atoms with Crippen molar-refractivity contribution in [1.29, 1.82) is 0 Å². The molecule has 0 aliphatic carbocycles. The predicted molar refractivity (Wildman–Crippen MR) is 57.8 cm³/mol. The van der Waals surface area contributed by atoms with Gasteiger partial charge in [-0.3, -0.25) is 0 Å². The lowest BCUT2D eigenvalue weighted by Gasteiger charge is -2.06. The molecule has 0 saturated heterocycles. The number of rotatable bonds is 4. The third-order valence-corrected chi connectivity index (χ3v) is 2.17. The molecule has 15 heavy (non-hydrogen) atoms. The fraction of sp³-hybridized carbons (Fsp3) is 0.222. The molecule has 0 unspecified atom stereocenters. The van der Waals surface area contributed by atoms with Gasteiger partial charge in [-0.15, -0.1) is 0 Å². The second-order valence-corrected chi connectivity index (χ2v) is 3.35. The number of hydrogen-bond acceptors (Lipinski definition) is 4. The zero-order valence-electron chi connectivity index (χ0n) is 7.97. The molecule has 0 aromatic carbocycles. The molecule has 5 nitrogen and oxygen atoms in total. The standard InChI is InChI=1S/C9H10ClN5/c10-8-5-12-6-14-9(8)13-2-4-15-3-1-11-7-15/h1,3,5-7H,2,4H2,(H,12,13,14). The summed E-state index contributed by atoms with van der Waals surface area (Å²) in [6.45, 7) is 1.56. The second kappa shape index (κ2) is 4.75. The second-order valence-electron chi connectivity index (χ2n) is 2.95. The van der Waals surface area contributed by atoms with Crippen LogP contribution in [-0.2, 0) is 6.54 Å². The molecule has 0 spiro atoms. The first kappa shape index (κ1) is 9.92. The van der Waals surface area contributed by atoms with Crippen molar-refractivity contribution >= 4 is 17.4 Å². The van der Waals surface area contributed by atoms with Gasteiger partial charge in [-0.2, -0.15) is 0 Å². The van der Waals surface area contributed by atoms with Crippen LogP contribution in [0.1, 0.15) is 0 Å². The van der Waals surface area contributed by atoms with Crippen LogP contribution in [-0.4, -0.2) is 26.1 Å². The minimum atomic E-state index is 0.531. The van der Waals surface area contributed by atoms with Gasteiger partial charge in [0.05, 0.1) is 12.5 Å². The van der Waals surface area contributed by atoms with Crippen LogP contribution in [0.2, 0.25) is 5.02 Å². The lowest BCUT2D eigenvalue weighted by molar-refractivity contribution is 0.725. The molecule has 1 N–H and O–H groups in total. The number of nitrogens with one attached hydrogen (secondary N) is 1. The van der Waals surface area contributed by atoms with Crippen molar-refractivity contribution in [3.63, 3.8) is 0 Å². The number of anilines is 1. The monoisotopic (exact) mass is 223 g/mol. The molecule has 0 bridgehead atoms. The van der Waals surface area contributed by atoms with E-state index in [0.29, 0.717) is 10.8 Å². The molecule has 78 valence electrons. The molecule has 2 rings (SSSR count). The van der Waals surface area contributed by atoms with Gasteiger partial charge in [0.25, 0.3) is 0 Å². The molecule has 0 aliphatic rings. The van der Waals surface area contributed by atoms with Crippen LogP contribution in [0.3, 0.4) is 0 Å². The molecule has 2 heterocycles. The first-order chi connectivity index (χ1) is 7.36. The lowest BCUT2D eigenvalue weighted by atomic mass is 10.5. The summed E-state index contributed by atoms with van der Waals surface area (Å²) in [5.41, 5.74) is 0. The predicted octanol–water partition coefficient (Wildman–Crippen LogP) is 1.44. The summed E-state index contributed by atoms with van der Waals surface area (Å²) in [4.78, 5) is 11.8. The van der Waals surface area contributed by atoms with Crippen LogP contribution in [0.15, 0.2) is 31.2 Å². The molecule has 0 radical (unpaired) electrons. The Kier molecular flexibility index (Phi) is 3.14. The van der Waals surface area contributed by atoms with E-state index in [1.165, 1.54) is 6.33 Å². The smallest absolute Gasteiger partial charge is 0.148 e. The van der Waals surface area contributed by atoms with Crippen molar-refractivity contribution in [2.24, 2.45) is 0 Å². The summed E-state index contributed by atoms with van der Waals surface area (Å²) in [6, 6.07) is 0. The summed E-state index contributed by atoms with van der Waals surface area (Å²) >= 11 is 5.88. The zero-order valence-corrected chi connectivity index (χ0v) is 8.72. The van der Waals surface area contributed by atoms with Crippen molar-refractivity contribution in [3.8, 4) is 0 Å². The first-order valence-corrected chi connectivity index (χ1v) is 4.89. The molecule has 0 aliphatic heterocycles. The summed E-state index contributed by atoms with van der Waals surface area (Å²) in [7, 11) is 0. The Morgan fingerprint density at radius 1 is 1.40 bits per heavy atom. The Balaban J connectivity index is 1.86. The van der Waals surface area contributed by atoms with E-state index >= 15 is 0 Å². The summed E-state index contributed by atoms with van der Waals surface area (Å²) in [5, 5.41) is 3.65. The van der Waals surface area contributed by atoms with E-state index in [4.69, 9.17) is 11.6 Å². The third-order valence-electron chi connectivity index (χ3n) is 1.89. The highest BCUT2D eigenvalue weighted by Gasteiger charge is 1.99. The number of hydrogen-bond donors (Lipinski definition) is 1. The molecule has 2 aromatic rings. The maximum atomic E-state index is 5.88. The topological polar surface area (TPSA) is 55.6 Å². The Morgan fingerprint density at radius 3 is 3.07 bits per heavy atom. The number of halogens is 1. The number of aromatic nitrogens is 4. The maximum Gasteiger partial charge on any atom is 0.148 e. The molecule has 2 aromatic heterocycles. The van der Waals surface area contributed by atoms with Crippen LogP contribution >= 0.6 is 11.6 Å². The largest absolute Gasteiger partial charge is 0.367 e. The molecule has 6 heteroatoms. The van der Waals surface area contributed by atoms with Gasteiger partial charge in [0.1, 0.15) is 17.2 Å². The Morgan fingerprint density at radius 2 is 2.33 bits per heavy atom. The van der Waals surface area contributed by atoms with Gasteiger partial charge in [-0.25, -0.2) is 15.0 Å². The fourth-order valence-corrected chi connectivity index (χ4v) is 1.34. The van der Waals surface area contributed by atoms with E-state index in [-0.39, 0.29) is 0 Å². The van der Waals surface area contributed by atoms with E-state index in [0.717, 1.165) is 13.1 Å². The van der Waals surface area contributed by atoms with Crippen LogP contribution in [0.25, 0.3) is 0 Å². The third kappa shape index (κ3) is 2.66. The van der Waals surface area contributed by atoms with Crippen molar-refractivity contribution in [2.75, 3.05) is 11.9 Å². The van der Waals surface area contributed by atoms with Gasteiger partial charge in [-0.1, -0.05) is 11.6 Å². The first-order valence-electron chi connectivity index (χ1n) is 4.51. The molecular weight excluding hydrogens is 214 g/mol. The molecular formula is C9H10ClN5. The van der Waals surface area contributed by atoms with Crippen molar-refractivity contribution in [3.05, 3.63) is 36.3 Å². The van der Waals surface area contributed by atoms with E-state index in [1.807, 2.05) is 10.8 Å². The Labute approximate surface area is 92.1 Å². The zero-order chi connectivity index (χ0) is 10.5. The number of nitrogens with zero attached hydrogens (tertiary/aromatic N) is 4. The lowest BCUT2D eigenvalue weighted by Crippen LogP contribution is -2.10. The molecule has 0 fully saturated rings. The summed E-state index contributed by atoms with van der Waals surface area (Å²) in [5.74, 6) is 0.659. The highest BCUT2D eigenvalue weighted by molar-refractivity contribution is 6.32. The van der Waals surface area contributed by atoms with E-state index in [2.05, 4.69) is 20.3 Å². The van der Waals surface area contributed by atoms with Gasteiger partial charge in [0.15, 0.2) is 0 Å². The van der Waals surface area contributed by atoms with Gasteiger partial charge < -0.3 is 9.88 Å².